The molecule has 0 fully saturated rings. The molecule has 0 unspecified atom stereocenters. The summed E-state index contributed by atoms with van der Waals surface area (Å²) >= 11 is 0. The predicted molar refractivity (Wildman–Crippen MR) is 110 cm³/mol. The van der Waals surface area contributed by atoms with Crippen LogP contribution in [0.2, 0.25) is 0 Å². The van der Waals surface area contributed by atoms with Crippen LogP contribution in [0.4, 0.5) is 0 Å². The largest absolute Gasteiger partial charge is 0.456 e. The molecule has 0 amide bonds. The zero-order valence-electron chi connectivity index (χ0n) is 14.6. The van der Waals surface area contributed by atoms with Gasteiger partial charge in [0.2, 0.25) is 0 Å². The van der Waals surface area contributed by atoms with Crippen LogP contribution < -0.4 is 0 Å². The Bertz CT molecular complexity index is 1340. The average Bonchev–Trinajstić information content (AvgIpc) is 3.28. The molecule has 0 N–H and O–H groups in total. The molecule has 0 spiro atoms. The molecule has 0 aliphatic heterocycles. The first-order valence-corrected chi connectivity index (χ1v) is 9.17. The monoisotopic (exact) mass is 348 g/mol. The van der Waals surface area contributed by atoms with Crippen LogP contribution in [0.25, 0.3) is 43.9 Å². The van der Waals surface area contributed by atoms with Crippen molar-refractivity contribution in [1.29, 1.82) is 0 Å². The van der Waals surface area contributed by atoms with E-state index in [0.29, 0.717) is 0 Å². The molecule has 0 radical (unpaired) electrons. The lowest BCUT2D eigenvalue weighted by Gasteiger charge is -2.04. The van der Waals surface area contributed by atoms with Crippen molar-refractivity contribution in [3.05, 3.63) is 96.1 Å². The topological polar surface area (TPSA) is 26.3 Å². The van der Waals surface area contributed by atoms with Crippen LogP contribution in [-0.4, -0.2) is 0 Å². The maximum absolute atomic E-state index is 6.20. The molecule has 0 saturated heterocycles. The van der Waals surface area contributed by atoms with Gasteiger partial charge in [-0.05, 0) is 23.3 Å². The maximum Gasteiger partial charge on any atom is 0.138 e. The summed E-state index contributed by atoms with van der Waals surface area (Å²) in [5, 5.41) is 4.66. The Labute approximate surface area is 155 Å². The summed E-state index contributed by atoms with van der Waals surface area (Å²) in [6.07, 6.45) is 0.772. The molecule has 6 aromatic rings. The van der Waals surface area contributed by atoms with Crippen LogP contribution in [0.1, 0.15) is 11.1 Å². The molecule has 128 valence electrons. The lowest BCUT2D eigenvalue weighted by molar-refractivity contribution is 0.659. The number of para-hydroxylation sites is 4. The minimum Gasteiger partial charge on any atom is -0.456 e. The lowest BCUT2D eigenvalue weighted by Crippen LogP contribution is -1.89. The smallest absolute Gasteiger partial charge is 0.138 e. The van der Waals surface area contributed by atoms with Crippen molar-refractivity contribution in [1.82, 2.24) is 0 Å². The highest BCUT2D eigenvalue weighted by atomic mass is 16.3. The van der Waals surface area contributed by atoms with Crippen LogP contribution in [0, 0.1) is 0 Å². The van der Waals surface area contributed by atoms with Crippen LogP contribution >= 0.6 is 0 Å². The van der Waals surface area contributed by atoms with Gasteiger partial charge in [-0.1, -0.05) is 72.8 Å². The standard InChI is InChI=1S/C25H16O2/c1-3-13-22-18(9-1)20-11-5-7-16(24(20)26-22)15-17-8-6-12-21-19-10-2-4-14-23(19)27-25(17)21/h1-14H,15H2. The van der Waals surface area contributed by atoms with E-state index in [2.05, 4.69) is 60.7 Å². The van der Waals surface area contributed by atoms with E-state index in [-0.39, 0.29) is 0 Å². The summed E-state index contributed by atoms with van der Waals surface area (Å²) < 4.78 is 12.4. The molecular formula is C25H16O2. The van der Waals surface area contributed by atoms with Crippen molar-refractivity contribution in [3.63, 3.8) is 0 Å². The summed E-state index contributed by atoms with van der Waals surface area (Å²) in [4.78, 5) is 0. The third-order valence-corrected chi connectivity index (χ3v) is 5.35. The van der Waals surface area contributed by atoms with Crippen LogP contribution in [0.15, 0.2) is 93.8 Å². The SMILES string of the molecule is c1ccc2c(c1)oc1c(Cc3cccc4c3oc3ccccc34)cccc12. The first kappa shape index (κ1) is 14.6. The fraction of sp³-hybridized carbons (Fsp3) is 0.0400. The van der Waals surface area contributed by atoms with Crippen LogP contribution in [0.5, 0.6) is 0 Å². The Hall–Kier alpha value is -3.52. The molecule has 2 heterocycles. The minimum atomic E-state index is 0.772. The minimum absolute atomic E-state index is 0.772. The van der Waals surface area contributed by atoms with Gasteiger partial charge in [0.15, 0.2) is 0 Å². The Kier molecular flexibility index (Phi) is 2.97. The van der Waals surface area contributed by atoms with E-state index in [1.54, 1.807) is 0 Å². The fourth-order valence-electron chi connectivity index (χ4n) is 4.09. The lowest BCUT2D eigenvalue weighted by atomic mass is 10.0. The second kappa shape index (κ2) is 5.49. The predicted octanol–water partition coefficient (Wildman–Crippen LogP) is 7.08. The molecular weight excluding hydrogens is 332 g/mol. The molecule has 6 rings (SSSR count). The van der Waals surface area contributed by atoms with E-state index < -0.39 is 0 Å². The number of hydrogen-bond donors (Lipinski definition) is 0. The zero-order valence-corrected chi connectivity index (χ0v) is 14.6. The van der Waals surface area contributed by atoms with Crippen molar-refractivity contribution in [2.75, 3.05) is 0 Å². The molecule has 27 heavy (non-hydrogen) atoms. The van der Waals surface area contributed by atoms with Crippen molar-refractivity contribution in [2.45, 2.75) is 6.42 Å². The first-order valence-electron chi connectivity index (χ1n) is 9.17. The van der Waals surface area contributed by atoms with Crippen molar-refractivity contribution >= 4 is 43.9 Å². The number of hydrogen-bond acceptors (Lipinski definition) is 2. The summed E-state index contributed by atoms with van der Waals surface area (Å²) in [7, 11) is 0. The van der Waals surface area contributed by atoms with Gasteiger partial charge in [-0.2, -0.15) is 0 Å². The van der Waals surface area contributed by atoms with Gasteiger partial charge in [0.25, 0.3) is 0 Å². The van der Waals surface area contributed by atoms with Gasteiger partial charge in [-0.25, -0.2) is 0 Å². The van der Waals surface area contributed by atoms with Gasteiger partial charge in [0.05, 0.1) is 0 Å². The second-order valence-electron chi connectivity index (χ2n) is 6.96. The average molecular weight is 348 g/mol. The number of benzene rings is 4. The first-order chi connectivity index (χ1) is 13.4. The van der Waals surface area contributed by atoms with E-state index in [9.17, 15) is 0 Å². The summed E-state index contributed by atoms with van der Waals surface area (Å²) in [6.45, 7) is 0. The van der Waals surface area contributed by atoms with E-state index in [0.717, 1.165) is 39.5 Å². The molecule has 0 bridgehead atoms. The van der Waals surface area contributed by atoms with E-state index in [1.165, 1.54) is 21.9 Å². The third kappa shape index (κ3) is 2.13. The number of fused-ring (bicyclic) bond motifs is 6. The molecule has 2 aromatic heterocycles. The summed E-state index contributed by atoms with van der Waals surface area (Å²) in [5.41, 5.74) is 6.15. The van der Waals surface area contributed by atoms with Gasteiger partial charge in [0.1, 0.15) is 22.3 Å². The normalized spacial score (nSPS) is 11.9. The zero-order chi connectivity index (χ0) is 17.8. The fourth-order valence-corrected chi connectivity index (χ4v) is 4.09. The van der Waals surface area contributed by atoms with Gasteiger partial charge in [0, 0.05) is 28.0 Å². The molecule has 0 aliphatic carbocycles. The van der Waals surface area contributed by atoms with Gasteiger partial charge in [-0.15, -0.1) is 0 Å². The Morgan fingerprint density at radius 2 is 0.889 bits per heavy atom. The quantitative estimate of drug-likeness (QED) is 0.334. The third-order valence-electron chi connectivity index (χ3n) is 5.35. The summed E-state index contributed by atoms with van der Waals surface area (Å²) in [5.74, 6) is 0. The van der Waals surface area contributed by atoms with E-state index >= 15 is 0 Å². The van der Waals surface area contributed by atoms with E-state index in [4.69, 9.17) is 8.83 Å². The Morgan fingerprint density at radius 1 is 0.444 bits per heavy atom. The Morgan fingerprint density at radius 3 is 1.41 bits per heavy atom. The molecule has 2 heteroatoms. The molecule has 0 aliphatic rings. The Balaban J connectivity index is 1.57. The summed E-state index contributed by atoms with van der Waals surface area (Å²) in [6, 6.07) is 29.2. The molecule has 0 saturated carbocycles. The van der Waals surface area contributed by atoms with Crippen LogP contribution in [0.3, 0.4) is 0 Å². The highest BCUT2D eigenvalue weighted by molar-refractivity contribution is 6.07. The highest BCUT2D eigenvalue weighted by Gasteiger charge is 2.14. The van der Waals surface area contributed by atoms with E-state index in [1.807, 2.05) is 24.3 Å². The van der Waals surface area contributed by atoms with Crippen molar-refractivity contribution < 1.29 is 8.83 Å². The number of rotatable bonds is 2. The van der Waals surface area contributed by atoms with Gasteiger partial charge >= 0.3 is 0 Å². The molecule has 2 nitrogen and oxygen atoms in total. The van der Waals surface area contributed by atoms with Crippen molar-refractivity contribution in [2.24, 2.45) is 0 Å². The van der Waals surface area contributed by atoms with Crippen LogP contribution in [-0.2, 0) is 6.42 Å². The van der Waals surface area contributed by atoms with Gasteiger partial charge < -0.3 is 8.83 Å². The highest BCUT2D eigenvalue weighted by Crippen LogP contribution is 2.35. The maximum atomic E-state index is 6.20. The van der Waals surface area contributed by atoms with Gasteiger partial charge in [-0.3, -0.25) is 0 Å². The molecule has 4 aromatic carbocycles. The molecule has 0 atom stereocenters. The second-order valence-corrected chi connectivity index (χ2v) is 6.96. The van der Waals surface area contributed by atoms with Crippen molar-refractivity contribution in [3.8, 4) is 0 Å². The number of furan rings is 2.